The molecular weight excluding hydrogens is 236 g/mol. The fourth-order valence-corrected chi connectivity index (χ4v) is 1.96. The van der Waals surface area contributed by atoms with Crippen molar-refractivity contribution < 1.29 is 0 Å². The van der Waals surface area contributed by atoms with Crippen LogP contribution >= 0.6 is 0 Å². The van der Waals surface area contributed by atoms with E-state index in [0.717, 1.165) is 30.9 Å². The molecule has 2 N–H and O–H groups in total. The van der Waals surface area contributed by atoms with Gasteiger partial charge in [-0.2, -0.15) is 5.26 Å². The highest BCUT2D eigenvalue weighted by molar-refractivity contribution is 5.45. The Balaban J connectivity index is 2.81. The summed E-state index contributed by atoms with van der Waals surface area (Å²) in [4.78, 5) is 6.65. The van der Waals surface area contributed by atoms with Gasteiger partial charge in [-0.1, -0.05) is 20.8 Å². The van der Waals surface area contributed by atoms with Crippen molar-refractivity contribution in [3.63, 3.8) is 0 Å². The van der Waals surface area contributed by atoms with Gasteiger partial charge in [-0.05, 0) is 24.5 Å². The molecule has 1 aromatic rings. The number of anilines is 1. The van der Waals surface area contributed by atoms with Crippen LogP contribution in [0.3, 0.4) is 0 Å². The summed E-state index contributed by atoms with van der Waals surface area (Å²) in [7, 11) is 0. The zero-order valence-electron chi connectivity index (χ0n) is 12.1. The number of hydrogen-bond acceptors (Lipinski definition) is 4. The van der Waals surface area contributed by atoms with Crippen molar-refractivity contribution in [1.82, 2.24) is 4.98 Å². The first kappa shape index (κ1) is 15.5. The van der Waals surface area contributed by atoms with Crippen LogP contribution in [-0.2, 0) is 0 Å². The van der Waals surface area contributed by atoms with Gasteiger partial charge in [0.2, 0.25) is 0 Å². The van der Waals surface area contributed by atoms with Crippen molar-refractivity contribution in [1.29, 1.82) is 5.26 Å². The molecule has 0 aliphatic rings. The summed E-state index contributed by atoms with van der Waals surface area (Å²) in [5.74, 6) is 0.552. The third-order valence-electron chi connectivity index (χ3n) is 3.03. The highest BCUT2D eigenvalue weighted by Crippen LogP contribution is 2.18. The molecule has 0 saturated heterocycles. The van der Waals surface area contributed by atoms with Crippen LogP contribution in [-0.4, -0.2) is 18.1 Å². The first-order valence-electron chi connectivity index (χ1n) is 6.91. The monoisotopic (exact) mass is 260 g/mol. The maximum atomic E-state index is 8.74. The molecule has 4 nitrogen and oxygen atoms in total. The van der Waals surface area contributed by atoms with Gasteiger partial charge in [-0.3, -0.25) is 4.98 Å². The van der Waals surface area contributed by atoms with E-state index in [1.165, 1.54) is 0 Å². The minimum absolute atomic E-state index is 0.00621. The van der Waals surface area contributed by atoms with Crippen LogP contribution in [0, 0.1) is 17.2 Å². The lowest BCUT2D eigenvalue weighted by molar-refractivity contribution is 0.610. The molecule has 1 atom stereocenters. The minimum Gasteiger partial charge on any atom is -0.369 e. The number of aromatic nitrogens is 1. The van der Waals surface area contributed by atoms with Crippen molar-refractivity contribution in [3.05, 3.63) is 24.0 Å². The molecule has 0 bridgehead atoms. The second-order valence-electron chi connectivity index (χ2n) is 5.20. The largest absolute Gasteiger partial charge is 0.369 e. The third kappa shape index (κ3) is 4.88. The number of nitrogens with zero attached hydrogens (tertiary/aromatic N) is 3. The molecule has 0 aliphatic carbocycles. The molecule has 104 valence electrons. The number of pyridine rings is 1. The van der Waals surface area contributed by atoms with Crippen LogP contribution in [0.2, 0.25) is 0 Å². The van der Waals surface area contributed by atoms with Crippen LogP contribution < -0.4 is 10.6 Å². The molecular formula is C15H24N4. The molecule has 0 saturated carbocycles. The van der Waals surface area contributed by atoms with Crippen LogP contribution in [0.15, 0.2) is 18.3 Å². The minimum atomic E-state index is 0.00621. The first-order valence-corrected chi connectivity index (χ1v) is 6.91. The van der Waals surface area contributed by atoms with E-state index in [1.54, 1.807) is 0 Å². The molecule has 1 unspecified atom stereocenters. The summed E-state index contributed by atoms with van der Waals surface area (Å²) in [5.41, 5.74) is 7.95. The van der Waals surface area contributed by atoms with Crippen molar-refractivity contribution >= 4 is 5.69 Å². The van der Waals surface area contributed by atoms with Crippen LogP contribution in [0.1, 0.15) is 45.3 Å². The molecule has 1 rings (SSSR count). The average Bonchev–Trinajstić information content (AvgIpc) is 2.42. The second kappa shape index (κ2) is 7.75. The van der Waals surface area contributed by atoms with E-state index in [4.69, 9.17) is 11.0 Å². The molecule has 1 heterocycles. The number of nitriles is 1. The maximum Gasteiger partial charge on any atom is 0.0640 e. The molecule has 1 aromatic heterocycles. The van der Waals surface area contributed by atoms with Gasteiger partial charge in [-0.15, -0.1) is 0 Å². The van der Waals surface area contributed by atoms with Gasteiger partial charge in [0.25, 0.3) is 0 Å². The van der Waals surface area contributed by atoms with E-state index >= 15 is 0 Å². The molecule has 0 radical (unpaired) electrons. The van der Waals surface area contributed by atoms with Gasteiger partial charge < -0.3 is 10.6 Å². The highest BCUT2D eigenvalue weighted by atomic mass is 15.1. The average molecular weight is 260 g/mol. The zero-order valence-corrected chi connectivity index (χ0v) is 12.1. The first-order chi connectivity index (χ1) is 9.08. The normalized spacial score (nSPS) is 12.2. The van der Waals surface area contributed by atoms with Crippen molar-refractivity contribution in [2.45, 2.75) is 39.7 Å². The van der Waals surface area contributed by atoms with Gasteiger partial charge in [0.1, 0.15) is 0 Å². The predicted molar refractivity (Wildman–Crippen MR) is 78.7 cm³/mol. The van der Waals surface area contributed by atoms with Gasteiger partial charge in [-0.25, -0.2) is 0 Å². The predicted octanol–water partition coefficient (Wildman–Crippen LogP) is 2.87. The lowest BCUT2D eigenvalue weighted by Crippen LogP contribution is -2.28. The number of nitrogens with two attached hydrogens (primary N) is 1. The Morgan fingerprint density at radius 2 is 2.16 bits per heavy atom. The van der Waals surface area contributed by atoms with Crippen molar-refractivity contribution in [2.24, 2.45) is 11.7 Å². The molecule has 0 amide bonds. The van der Waals surface area contributed by atoms with Crippen LogP contribution in [0.25, 0.3) is 0 Å². The number of rotatable bonds is 7. The summed E-state index contributed by atoms with van der Waals surface area (Å²) >= 11 is 0. The van der Waals surface area contributed by atoms with Crippen molar-refractivity contribution in [2.75, 3.05) is 18.0 Å². The fraction of sp³-hybridized carbons (Fsp3) is 0.600. The lowest BCUT2D eigenvalue weighted by atomic mass is 10.1. The van der Waals surface area contributed by atoms with E-state index in [1.807, 2.05) is 12.3 Å². The van der Waals surface area contributed by atoms with Gasteiger partial charge >= 0.3 is 0 Å². The topological polar surface area (TPSA) is 65.9 Å². The summed E-state index contributed by atoms with van der Waals surface area (Å²) in [6.45, 7) is 8.08. The third-order valence-corrected chi connectivity index (χ3v) is 3.03. The van der Waals surface area contributed by atoms with Crippen molar-refractivity contribution in [3.8, 4) is 6.07 Å². The Hall–Kier alpha value is -1.60. The zero-order chi connectivity index (χ0) is 14.3. The standard InChI is InChI=1S/C15H24N4/c1-4-14(17)15-7-6-13(10-18-15)19(9-5-8-16)11-12(2)3/h6-7,10,12,14H,4-5,9,11,17H2,1-3H3. The summed E-state index contributed by atoms with van der Waals surface area (Å²) < 4.78 is 0. The Labute approximate surface area is 116 Å². The molecule has 0 aliphatic heterocycles. The molecule has 4 heteroatoms. The van der Waals surface area contributed by atoms with Crippen LogP contribution in [0.4, 0.5) is 5.69 Å². The Morgan fingerprint density at radius 1 is 1.42 bits per heavy atom. The molecule has 0 aromatic carbocycles. The molecule has 0 spiro atoms. The second-order valence-corrected chi connectivity index (χ2v) is 5.20. The van der Waals surface area contributed by atoms with E-state index < -0.39 is 0 Å². The molecule has 19 heavy (non-hydrogen) atoms. The van der Waals surface area contributed by atoms with Gasteiger partial charge in [0.05, 0.1) is 30.1 Å². The highest BCUT2D eigenvalue weighted by Gasteiger charge is 2.10. The summed E-state index contributed by atoms with van der Waals surface area (Å²) in [5, 5.41) is 8.74. The lowest BCUT2D eigenvalue weighted by Gasteiger charge is -2.25. The maximum absolute atomic E-state index is 8.74. The quantitative estimate of drug-likeness (QED) is 0.818. The Morgan fingerprint density at radius 3 is 2.63 bits per heavy atom. The Kier molecular flexibility index (Phi) is 6.31. The SMILES string of the molecule is CCC(N)c1ccc(N(CCC#N)CC(C)C)cn1. The fourth-order valence-electron chi connectivity index (χ4n) is 1.96. The number of hydrogen-bond donors (Lipinski definition) is 1. The Bertz CT molecular complexity index is 405. The van der Waals surface area contributed by atoms with E-state index in [0.29, 0.717) is 12.3 Å². The smallest absolute Gasteiger partial charge is 0.0640 e. The van der Waals surface area contributed by atoms with E-state index in [9.17, 15) is 0 Å². The van der Waals surface area contributed by atoms with Gasteiger partial charge in [0.15, 0.2) is 0 Å². The van der Waals surface area contributed by atoms with E-state index in [-0.39, 0.29) is 6.04 Å². The molecule has 0 fully saturated rings. The van der Waals surface area contributed by atoms with Crippen LogP contribution in [0.5, 0.6) is 0 Å². The van der Waals surface area contributed by atoms with E-state index in [2.05, 4.69) is 42.8 Å². The van der Waals surface area contributed by atoms with Gasteiger partial charge in [0, 0.05) is 19.1 Å². The summed E-state index contributed by atoms with van der Waals surface area (Å²) in [6.07, 6.45) is 3.28. The summed E-state index contributed by atoms with van der Waals surface area (Å²) in [6, 6.07) is 6.25.